The maximum Gasteiger partial charge on any atom is 0.387 e. The van der Waals surface area contributed by atoms with E-state index in [1.807, 2.05) is 0 Å². The molecule has 1 aliphatic heterocycles. The maximum atomic E-state index is 13.5. The van der Waals surface area contributed by atoms with Crippen LogP contribution in [0.3, 0.4) is 0 Å². The topological polar surface area (TPSA) is 41.6 Å². The van der Waals surface area contributed by atoms with Crippen LogP contribution in [0.25, 0.3) is 0 Å². The number of rotatable bonds is 4. The van der Waals surface area contributed by atoms with Gasteiger partial charge in [0.25, 0.3) is 5.91 Å². The number of nitrogens with one attached hydrogen (secondary N) is 1. The van der Waals surface area contributed by atoms with Crippen molar-refractivity contribution in [1.82, 2.24) is 10.2 Å². The molecule has 0 spiro atoms. The molecule has 3 rings (SSSR count). The van der Waals surface area contributed by atoms with Gasteiger partial charge < -0.3 is 15.0 Å². The van der Waals surface area contributed by atoms with Gasteiger partial charge in [0, 0.05) is 25.2 Å². The van der Waals surface area contributed by atoms with Gasteiger partial charge in [-0.25, -0.2) is 4.39 Å². The first-order chi connectivity index (χ1) is 12.0. The van der Waals surface area contributed by atoms with E-state index < -0.39 is 6.61 Å². The highest BCUT2D eigenvalue weighted by molar-refractivity contribution is 5.95. The van der Waals surface area contributed by atoms with Gasteiger partial charge in [0.1, 0.15) is 11.6 Å². The van der Waals surface area contributed by atoms with E-state index in [4.69, 9.17) is 0 Å². The smallest absolute Gasteiger partial charge is 0.387 e. The monoisotopic (exact) mass is 386 g/mol. The second-order valence-corrected chi connectivity index (χ2v) is 5.68. The highest BCUT2D eigenvalue weighted by atomic mass is 35.5. The number of amides is 1. The summed E-state index contributed by atoms with van der Waals surface area (Å²) in [7, 11) is 0. The van der Waals surface area contributed by atoms with Gasteiger partial charge in [-0.05, 0) is 35.9 Å². The van der Waals surface area contributed by atoms with Crippen molar-refractivity contribution >= 4 is 18.3 Å². The summed E-state index contributed by atoms with van der Waals surface area (Å²) in [5, 5.41) is 3.19. The van der Waals surface area contributed by atoms with Crippen molar-refractivity contribution in [2.24, 2.45) is 0 Å². The summed E-state index contributed by atoms with van der Waals surface area (Å²) in [4.78, 5) is 14.5. The standard InChI is InChI=1S/C18H17F3N2O2.ClH/c19-14-5-1-3-12(9-14)16-11-22-7-8-23(16)17(24)13-4-2-6-15(10-13)25-18(20)21;/h1-6,9-10,16,18,22H,7-8,11H2;1H. The van der Waals surface area contributed by atoms with Gasteiger partial charge in [0.05, 0.1) is 6.04 Å². The third-order valence-electron chi connectivity index (χ3n) is 4.04. The Hall–Kier alpha value is -2.25. The van der Waals surface area contributed by atoms with E-state index in [0.29, 0.717) is 25.2 Å². The summed E-state index contributed by atoms with van der Waals surface area (Å²) in [5.74, 6) is -0.753. The zero-order chi connectivity index (χ0) is 17.8. The van der Waals surface area contributed by atoms with Gasteiger partial charge in [-0.1, -0.05) is 18.2 Å². The van der Waals surface area contributed by atoms with Crippen molar-refractivity contribution in [2.45, 2.75) is 12.7 Å². The number of ether oxygens (including phenoxy) is 1. The highest BCUT2D eigenvalue weighted by Crippen LogP contribution is 2.26. The van der Waals surface area contributed by atoms with Crippen LogP contribution in [0.1, 0.15) is 22.0 Å². The quantitative estimate of drug-likeness (QED) is 0.872. The first-order valence-corrected chi connectivity index (χ1v) is 7.86. The normalized spacial score (nSPS) is 16.9. The van der Waals surface area contributed by atoms with Gasteiger partial charge in [0.2, 0.25) is 0 Å². The summed E-state index contributed by atoms with van der Waals surface area (Å²) in [6.07, 6.45) is 0. The van der Waals surface area contributed by atoms with Gasteiger partial charge in [-0.15, -0.1) is 12.4 Å². The summed E-state index contributed by atoms with van der Waals surface area (Å²) < 4.78 is 42.6. The third-order valence-corrected chi connectivity index (χ3v) is 4.04. The number of hydrogen-bond donors (Lipinski definition) is 1. The zero-order valence-corrected chi connectivity index (χ0v) is 14.5. The minimum atomic E-state index is -2.95. The van der Waals surface area contributed by atoms with E-state index in [-0.39, 0.29) is 41.5 Å². The van der Waals surface area contributed by atoms with Gasteiger partial charge in [-0.2, -0.15) is 8.78 Å². The van der Waals surface area contributed by atoms with Gasteiger partial charge >= 0.3 is 6.61 Å². The lowest BCUT2D eigenvalue weighted by Crippen LogP contribution is -2.48. The molecule has 140 valence electrons. The minimum absolute atomic E-state index is 0. The second-order valence-electron chi connectivity index (χ2n) is 5.68. The van der Waals surface area contributed by atoms with Crippen LogP contribution < -0.4 is 10.1 Å². The fourth-order valence-electron chi connectivity index (χ4n) is 2.93. The molecule has 0 aromatic heterocycles. The molecule has 1 aliphatic rings. The van der Waals surface area contributed by atoms with E-state index in [2.05, 4.69) is 10.1 Å². The van der Waals surface area contributed by atoms with E-state index >= 15 is 0 Å². The molecule has 0 aliphatic carbocycles. The van der Waals surface area contributed by atoms with Crippen molar-refractivity contribution in [1.29, 1.82) is 0 Å². The zero-order valence-electron chi connectivity index (χ0n) is 13.7. The Labute approximate surface area is 155 Å². The Balaban J connectivity index is 0.00000243. The predicted molar refractivity (Wildman–Crippen MR) is 93.4 cm³/mol. The molecule has 1 heterocycles. The fraction of sp³-hybridized carbons (Fsp3) is 0.278. The second kappa shape index (κ2) is 8.91. The van der Waals surface area contributed by atoms with Crippen LogP contribution in [0.4, 0.5) is 13.2 Å². The number of halogens is 4. The van der Waals surface area contributed by atoms with Crippen molar-refractivity contribution in [3.63, 3.8) is 0 Å². The fourth-order valence-corrected chi connectivity index (χ4v) is 2.93. The molecule has 1 unspecified atom stereocenters. The number of nitrogens with zero attached hydrogens (tertiary/aromatic N) is 1. The van der Waals surface area contributed by atoms with Crippen molar-refractivity contribution in [3.8, 4) is 5.75 Å². The number of piperazine rings is 1. The van der Waals surface area contributed by atoms with Crippen LogP contribution in [-0.2, 0) is 0 Å². The number of benzene rings is 2. The number of carbonyl (C=O) groups is 1. The lowest BCUT2D eigenvalue weighted by molar-refractivity contribution is -0.0499. The molecular formula is C18H18ClF3N2O2. The average molecular weight is 387 g/mol. The lowest BCUT2D eigenvalue weighted by Gasteiger charge is -2.36. The SMILES string of the molecule is Cl.O=C(c1cccc(OC(F)F)c1)N1CCNCC1c1cccc(F)c1. The summed E-state index contributed by atoms with van der Waals surface area (Å²) in [6, 6.07) is 11.5. The van der Waals surface area contributed by atoms with Crippen LogP contribution >= 0.6 is 12.4 Å². The molecule has 0 bridgehead atoms. The molecule has 1 saturated heterocycles. The lowest BCUT2D eigenvalue weighted by atomic mass is 10.0. The first-order valence-electron chi connectivity index (χ1n) is 7.86. The van der Waals surface area contributed by atoms with E-state index in [1.165, 1.54) is 30.3 Å². The van der Waals surface area contributed by atoms with Gasteiger partial charge in [0.15, 0.2) is 0 Å². The molecule has 0 radical (unpaired) electrons. The Morgan fingerprint density at radius 3 is 2.69 bits per heavy atom. The number of alkyl halides is 2. The summed E-state index contributed by atoms with van der Waals surface area (Å²) >= 11 is 0. The first kappa shape index (κ1) is 20.1. The third kappa shape index (κ3) is 4.68. The highest BCUT2D eigenvalue weighted by Gasteiger charge is 2.29. The van der Waals surface area contributed by atoms with E-state index in [0.717, 1.165) is 0 Å². The summed E-state index contributed by atoms with van der Waals surface area (Å²) in [6.45, 7) is -1.43. The molecule has 1 fully saturated rings. The molecule has 2 aromatic carbocycles. The molecule has 2 aromatic rings. The van der Waals surface area contributed by atoms with Crippen molar-refractivity contribution < 1.29 is 22.7 Å². The molecule has 0 saturated carbocycles. The van der Waals surface area contributed by atoms with E-state index in [1.54, 1.807) is 23.1 Å². The molecule has 4 nitrogen and oxygen atoms in total. The molecular weight excluding hydrogens is 369 g/mol. The molecule has 8 heteroatoms. The summed E-state index contributed by atoms with van der Waals surface area (Å²) in [5.41, 5.74) is 0.932. The Morgan fingerprint density at radius 2 is 1.96 bits per heavy atom. The Kier molecular flexibility index (Phi) is 6.88. The van der Waals surface area contributed by atoms with Crippen molar-refractivity contribution in [3.05, 3.63) is 65.5 Å². The van der Waals surface area contributed by atoms with Gasteiger partial charge in [-0.3, -0.25) is 4.79 Å². The largest absolute Gasteiger partial charge is 0.435 e. The molecule has 1 N–H and O–H groups in total. The Bertz CT molecular complexity index is 761. The average Bonchev–Trinajstić information content (AvgIpc) is 2.61. The van der Waals surface area contributed by atoms with Crippen LogP contribution in [0.15, 0.2) is 48.5 Å². The molecule has 26 heavy (non-hydrogen) atoms. The number of hydrogen-bond acceptors (Lipinski definition) is 3. The van der Waals surface area contributed by atoms with Crippen LogP contribution in [0.5, 0.6) is 5.75 Å². The van der Waals surface area contributed by atoms with Crippen LogP contribution in [-0.4, -0.2) is 37.1 Å². The predicted octanol–water partition coefficient (Wildman–Crippen LogP) is 3.64. The van der Waals surface area contributed by atoms with Crippen LogP contribution in [0.2, 0.25) is 0 Å². The molecule has 1 atom stereocenters. The van der Waals surface area contributed by atoms with Crippen molar-refractivity contribution in [2.75, 3.05) is 19.6 Å². The van der Waals surface area contributed by atoms with Crippen LogP contribution in [0, 0.1) is 5.82 Å². The maximum absolute atomic E-state index is 13.5. The molecule has 1 amide bonds. The Morgan fingerprint density at radius 1 is 1.19 bits per heavy atom. The van der Waals surface area contributed by atoms with E-state index in [9.17, 15) is 18.0 Å². The number of carbonyl (C=O) groups excluding carboxylic acids is 1. The minimum Gasteiger partial charge on any atom is -0.435 e.